The third-order valence-electron chi connectivity index (χ3n) is 3.68. The van der Waals surface area contributed by atoms with Gasteiger partial charge in [0.05, 0.1) is 5.69 Å². The van der Waals surface area contributed by atoms with Crippen LogP contribution in [0.4, 0.5) is 5.82 Å². The molecule has 0 saturated heterocycles. The molecule has 0 bridgehead atoms. The van der Waals surface area contributed by atoms with Crippen LogP contribution in [0.15, 0.2) is 11.6 Å². The Morgan fingerprint density at radius 2 is 2.20 bits per heavy atom. The zero-order valence-corrected chi connectivity index (χ0v) is 13.4. The highest BCUT2D eigenvalue weighted by Gasteiger charge is 2.33. The molecule has 5 heteroatoms. The normalized spacial score (nSPS) is 17.1. The lowest BCUT2D eigenvalue weighted by atomic mass is 10.1. The average Bonchev–Trinajstić information content (AvgIpc) is 3.00. The van der Waals surface area contributed by atoms with Gasteiger partial charge in [0.15, 0.2) is 10.8 Å². The third-order valence-corrected chi connectivity index (χ3v) is 4.43. The molecule has 0 aliphatic heterocycles. The number of anilines is 1. The van der Waals surface area contributed by atoms with Crippen molar-refractivity contribution in [2.45, 2.75) is 52.1 Å². The fourth-order valence-electron chi connectivity index (χ4n) is 2.73. The van der Waals surface area contributed by atoms with Crippen LogP contribution in [0.1, 0.15) is 39.3 Å². The molecule has 0 amide bonds. The van der Waals surface area contributed by atoms with E-state index in [9.17, 15) is 0 Å². The molecule has 1 aliphatic rings. The lowest BCUT2D eigenvalue weighted by Crippen LogP contribution is -2.32. The smallest absolute Gasteiger partial charge is 0.195 e. The topological polar surface area (TPSA) is 46.6 Å². The van der Waals surface area contributed by atoms with E-state index in [1.807, 2.05) is 0 Å². The van der Waals surface area contributed by atoms with Gasteiger partial charge in [-0.2, -0.15) is 0 Å². The molecule has 1 aliphatic carbocycles. The van der Waals surface area contributed by atoms with Crippen LogP contribution in [0, 0.1) is 5.92 Å². The van der Waals surface area contributed by atoms with Gasteiger partial charge >= 0.3 is 0 Å². The minimum atomic E-state index is 0.161. The minimum absolute atomic E-state index is 0.161. The molecule has 2 aromatic heterocycles. The van der Waals surface area contributed by atoms with E-state index >= 15 is 0 Å². The van der Waals surface area contributed by atoms with Crippen LogP contribution in [0.25, 0.3) is 4.96 Å². The van der Waals surface area contributed by atoms with Gasteiger partial charge in [-0.1, -0.05) is 13.8 Å². The minimum Gasteiger partial charge on any atom is -0.352 e. The van der Waals surface area contributed by atoms with Gasteiger partial charge in [0, 0.05) is 36.6 Å². The molecule has 1 atom stereocenters. The standard InChI is InChI=1S/C15H24N4S/c1-10(2)9-19(12-4-5-12)14-13(8-11(3)16)18-6-7-20-15(18)17-14/h6-7,10-12H,4-5,8-9,16H2,1-3H3. The lowest BCUT2D eigenvalue weighted by Gasteiger charge is -2.26. The molecule has 0 spiro atoms. The van der Waals surface area contributed by atoms with Crippen LogP contribution in [-0.2, 0) is 6.42 Å². The number of hydrogen-bond donors (Lipinski definition) is 1. The summed E-state index contributed by atoms with van der Waals surface area (Å²) in [6.07, 6.45) is 5.61. The van der Waals surface area contributed by atoms with E-state index in [2.05, 4.69) is 41.6 Å². The molecule has 1 unspecified atom stereocenters. The maximum Gasteiger partial charge on any atom is 0.195 e. The van der Waals surface area contributed by atoms with Gasteiger partial charge < -0.3 is 10.6 Å². The number of nitrogens with zero attached hydrogens (tertiary/aromatic N) is 3. The molecule has 20 heavy (non-hydrogen) atoms. The Morgan fingerprint density at radius 3 is 2.80 bits per heavy atom. The van der Waals surface area contributed by atoms with E-state index in [0.29, 0.717) is 12.0 Å². The quantitative estimate of drug-likeness (QED) is 0.890. The molecule has 3 rings (SSSR count). The van der Waals surface area contributed by atoms with Gasteiger partial charge in [-0.05, 0) is 25.7 Å². The van der Waals surface area contributed by atoms with Crippen LogP contribution in [0.5, 0.6) is 0 Å². The Morgan fingerprint density at radius 1 is 1.45 bits per heavy atom. The second-order valence-corrected chi connectivity index (χ2v) is 7.27. The molecule has 1 saturated carbocycles. The average molecular weight is 292 g/mol. The first-order valence-electron chi connectivity index (χ1n) is 7.53. The highest BCUT2D eigenvalue weighted by atomic mass is 32.1. The summed E-state index contributed by atoms with van der Waals surface area (Å²) in [7, 11) is 0. The first kappa shape index (κ1) is 13.9. The molecule has 110 valence electrons. The Hall–Kier alpha value is -1.07. The monoisotopic (exact) mass is 292 g/mol. The predicted octanol–water partition coefficient (Wildman–Crippen LogP) is 2.91. The SMILES string of the molecule is CC(C)CN(c1nc2sccn2c1CC(C)N)C1CC1. The Bertz CT molecular complexity index is 580. The van der Waals surface area contributed by atoms with Crippen molar-refractivity contribution in [2.24, 2.45) is 11.7 Å². The predicted molar refractivity (Wildman–Crippen MR) is 85.6 cm³/mol. The van der Waals surface area contributed by atoms with Crippen molar-refractivity contribution in [3.8, 4) is 0 Å². The number of nitrogens with two attached hydrogens (primary N) is 1. The van der Waals surface area contributed by atoms with Crippen molar-refractivity contribution in [1.82, 2.24) is 9.38 Å². The molecule has 0 radical (unpaired) electrons. The van der Waals surface area contributed by atoms with Crippen LogP contribution < -0.4 is 10.6 Å². The summed E-state index contributed by atoms with van der Waals surface area (Å²) in [6.45, 7) is 7.71. The lowest BCUT2D eigenvalue weighted by molar-refractivity contribution is 0.599. The Balaban J connectivity index is 2.01. The van der Waals surface area contributed by atoms with Crippen LogP contribution in [0.2, 0.25) is 0 Å². The van der Waals surface area contributed by atoms with Gasteiger partial charge in [-0.25, -0.2) is 4.98 Å². The van der Waals surface area contributed by atoms with Crippen LogP contribution in [0.3, 0.4) is 0 Å². The summed E-state index contributed by atoms with van der Waals surface area (Å²) < 4.78 is 2.22. The molecule has 4 nitrogen and oxygen atoms in total. The maximum absolute atomic E-state index is 6.05. The number of thiazole rings is 1. The number of aromatic nitrogens is 2. The fourth-order valence-corrected chi connectivity index (χ4v) is 3.46. The highest BCUT2D eigenvalue weighted by molar-refractivity contribution is 7.15. The molecular weight excluding hydrogens is 268 g/mol. The van der Waals surface area contributed by atoms with Crippen molar-refractivity contribution in [3.63, 3.8) is 0 Å². The largest absolute Gasteiger partial charge is 0.352 e. The number of hydrogen-bond acceptors (Lipinski definition) is 4. The van der Waals surface area contributed by atoms with E-state index in [-0.39, 0.29) is 6.04 Å². The first-order valence-corrected chi connectivity index (χ1v) is 8.41. The Labute approximate surface area is 124 Å². The zero-order valence-electron chi connectivity index (χ0n) is 12.5. The maximum atomic E-state index is 6.05. The summed E-state index contributed by atoms with van der Waals surface area (Å²) >= 11 is 1.70. The summed E-state index contributed by atoms with van der Waals surface area (Å²) in [6, 6.07) is 0.850. The second kappa shape index (κ2) is 5.37. The molecular formula is C15H24N4S. The molecule has 2 aromatic rings. The van der Waals surface area contributed by atoms with Gasteiger partial charge in [0.2, 0.25) is 0 Å². The molecule has 0 aromatic carbocycles. The van der Waals surface area contributed by atoms with Gasteiger partial charge in [-0.15, -0.1) is 11.3 Å². The fraction of sp³-hybridized carbons (Fsp3) is 0.667. The Kier molecular flexibility index (Phi) is 3.73. The van der Waals surface area contributed by atoms with Crippen LogP contribution in [-0.4, -0.2) is 28.0 Å². The van der Waals surface area contributed by atoms with Crippen LogP contribution >= 0.6 is 11.3 Å². The van der Waals surface area contributed by atoms with Crippen molar-refractivity contribution < 1.29 is 0 Å². The second-order valence-electron chi connectivity index (χ2n) is 6.40. The van der Waals surface area contributed by atoms with Crippen molar-refractivity contribution in [2.75, 3.05) is 11.4 Å². The summed E-state index contributed by atoms with van der Waals surface area (Å²) in [5.41, 5.74) is 7.33. The van der Waals surface area contributed by atoms with Crippen molar-refractivity contribution >= 4 is 22.1 Å². The molecule has 2 N–H and O–H groups in total. The van der Waals surface area contributed by atoms with Gasteiger partial charge in [0.1, 0.15) is 0 Å². The summed E-state index contributed by atoms with van der Waals surface area (Å²) in [4.78, 5) is 8.50. The summed E-state index contributed by atoms with van der Waals surface area (Å²) in [5.74, 6) is 1.82. The highest BCUT2D eigenvalue weighted by Crippen LogP contribution is 2.35. The summed E-state index contributed by atoms with van der Waals surface area (Å²) in [5, 5.41) is 2.10. The number of rotatable bonds is 6. The van der Waals surface area contributed by atoms with E-state index in [1.54, 1.807) is 11.3 Å². The number of imidazole rings is 1. The van der Waals surface area contributed by atoms with Crippen molar-refractivity contribution in [3.05, 3.63) is 17.3 Å². The van der Waals surface area contributed by atoms with Crippen molar-refractivity contribution in [1.29, 1.82) is 0 Å². The number of fused-ring (bicyclic) bond motifs is 1. The molecule has 1 fully saturated rings. The third kappa shape index (κ3) is 2.69. The molecule has 2 heterocycles. The van der Waals surface area contributed by atoms with E-state index in [1.165, 1.54) is 24.4 Å². The zero-order chi connectivity index (χ0) is 14.3. The van der Waals surface area contributed by atoms with E-state index in [0.717, 1.165) is 17.9 Å². The van der Waals surface area contributed by atoms with E-state index < -0.39 is 0 Å². The first-order chi connectivity index (χ1) is 9.56. The van der Waals surface area contributed by atoms with E-state index in [4.69, 9.17) is 10.7 Å². The van der Waals surface area contributed by atoms with Gasteiger partial charge in [-0.3, -0.25) is 4.40 Å². The van der Waals surface area contributed by atoms with Gasteiger partial charge in [0.25, 0.3) is 0 Å².